The van der Waals surface area contributed by atoms with Gasteiger partial charge >= 0.3 is 0 Å². The topological polar surface area (TPSA) is 61.0 Å². The van der Waals surface area contributed by atoms with Crippen molar-refractivity contribution >= 4 is 17.6 Å². The van der Waals surface area contributed by atoms with Gasteiger partial charge in [0.05, 0.1) is 18.9 Å². The Morgan fingerprint density at radius 1 is 1.21 bits per heavy atom. The zero-order valence-corrected chi connectivity index (χ0v) is 11.5. The van der Waals surface area contributed by atoms with Gasteiger partial charge in [-0.3, -0.25) is 0 Å². The van der Waals surface area contributed by atoms with E-state index in [0.29, 0.717) is 24.9 Å². The van der Waals surface area contributed by atoms with Crippen LogP contribution in [0.1, 0.15) is 11.3 Å². The molecule has 0 radical (unpaired) electrons. The summed E-state index contributed by atoms with van der Waals surface area (Å²) in [7, 11) is 0. The van der Waals surface area contributed by atoms with Gasteiger partial charge in [0.2, 0.25) is 0 Å². The highest BCUT2D eigenvalue weighted by Crippen LogP contribution is 2.25. The van der Waals surface area contributed by atoms with E-state index >= 15 is 0 Å². The van der Waals surface area contributed by atoms with Gasteiger partial charge in [0, 0.05) is 22.4 Å². The number of fused-ring (bicyclic) bond motifs is 1. The molecule has 0 amide bonds. The highest BCUT2D eigenvalue weighted by Gasteiger charge is 2.17. The molecule has 1 aromatic carbocycles. The number of rotatable bonds is 2. The van der Waals surface area contributed by atoms with Crippen molar-refractivity contribution in [2.45, 2.75) is 17.9 Å². The van der Waals surface area contributed by atoms with Crippen LogP contribution in [0.25, 0.3) is 11.4 Å². The summed E-state index contributed by atoms with van der Waals surface area (Å²) in [6.45, 7) is 1.22. The Hall–Kier alpha value is -1.59. The Kier molecular flexibility index (Phi) is 3.40. The van der Waals surface area contributed by atoms with Crippen molar-refractivity contribution in [2.24, 2.45) is 0 Å². The second kappa shape index (κ2) is 5.19. The lowest BCUT2D eigenvalue weighted by Gasteiger charge is -2.17. The lowest BCUT2D eigenvalue weighted by molar-refractivity contribution is 0.109. The van der Waals surface area contributed by atoms with Crippen molar-refractivity contribution in [1.29, 1.82) is 0 Å². The summed E-state index contributed by atoms with van der Waals surface area (Å²) < 4.78 is 5.39. The maximum atomic E-state index is 6.00. The van der Waals surface area contributed by atoms with Crippen molar-refractivity contribution in [3.05, 3.63) is 35.5 Å². The van der Waals surface area contributed by atoms with Gasteiger partial charge in [-0.2, -0.15) is 0 Å². The molecule has 0 spiro atoms. The van der Waals surface area contributed by atoms with Gasteiger partial charge in [-0.1, -0.05) is 12.1 Å². The fourth-order valence-corrected chi connectivity index (χ4v) is 2.53. The summed E-state index contributed by atoms with van der Waals surface area (Å²) in [5, 5.41) is 0. The number of thioether (sulfide) groups is 1. The van der Waals surface area contributed by atoms with Crippen LogP contribution in [0.15, 0.2) is 29.2 Å². The summed E-state index contributed by atoms with van der Waals surface area (Å²) in [6.07, 6.45) is 2.86. The first-order valence-corrected chi connectivity index (χ1v) is 7.38. The largest absolute Gasteiger partial charge is 0.383 e. The average molecular weight is 273 g/mol. The van der Waals surface area contributed by atoms with Crippen molar-refractivity contribution in [1.82, 2.24) is 9.97 Å². The van der Waals surface area contributed by atoms with Gasteiger partial charge in [-0.05, 0) is 18.4 Å². The van der Waals surface area contributed by atoms with Crippen LogP contribution in [0.5, 0.6) is 0 Å². The fourth-order valence-electron chi connectivity index (χ4n) is 2.13. The molecule has 2 N–H and O–H groups in total. The number of aromatic nitrogens is 2. The molecule has 0 saturated heterocycles. The lowest BCUT2D eigenvalue weighted by Crippen LogP contribution is -2.16. The maximum Gasteiger partial charge on any atom is 0.161 e. The monoisotopic (exact) mass is 273 g/mol. The molecule has 3 rings (SSSR count). The number of hydrogen-bond donors (Lipinski definition) is 1. The third-order valence-corrected chi connectivity index (χ3v) is 3.95. The van der Waals surface area contributed by atoms with E-state index in [4.69, 9.17) is 10.5 Å². The Balaban J connectivity index is 2.02. The van der Waals surface area contributed by atoms with Crippen molar-refractivity contribution in [3.63, 3.8) is 0 Å². The Morgan fingerprint density at radius 2 is 2.00 bits per heavy atom. The molecule has 98 valence electrons. The molecule has 1 aliphatic heterocycles. The smallest absolute Gasteiger partial charge is 0.161 e. The first kappa shape index (κ1) is 12.4. The van der Waals surface area contributed by atoms with E-state index in [0.717, 1.165) is 23.2 Å². The number of nitrogen functional groups attached to an aromatic ring is 1. The Bertz CT molecular complexity index is 598. The minimum Gasteiger partial charge on any atom is -0.383 e. The van der Waals surface area contributed by atoms with E-state index in [1.807, 2.05) is 12.1 Å². The van der Waals surface area contributed by atoms with Crippen LogP contribution in [-0.4, -0.2) is 22.8 Å². The number of benzene rings is 1. The van der Waals surface area contributed by atoms with Crippen LogP contribution in [0.2, 0.25) is 0 Å². The van der Waals surface area contributed by atoms with Crippen molar-refractivity contribution in [2.75, 3.05) is 18.6 Å². The van der Waals surface area contributed by atoms with Crippen molar-refractivity contribution in [3.8, 4) is 11.4 Å². The third-order valence-electron chi connectivity index (χ3n) is 3.20. The minimum absolute atomic E-state index is 0.521. The Morgan fingerprint density at radius 3 is 2.74 bits per heavy atom. The number of anilines is 1. The normalized spacial score (nSPS) is 14.2. The second-order valence-electron chi connectivity index (χ2n) is 4.39. The van der Waals surface area contributed by atoms with E-state index in [1.54, 1.807) is 11.8 Å². The molecular weight excluding hydrogens is 258 g/mol. The average Bonchev–Trinajstić information content (AvgIpc) is 2.47. The summed E-state index contributed by atoms with van der Waals surface area (Å²) in [5.74, 6) is 1.24. The molecule has 0 fully saturated rings. The zero-order chi connectivity index (χ0) is 13.2. The molecule has 4 nitrogen and oxygen atoms in total. The second-order valence-corrected chi connectivity index (χ2v) is 5.27. The maximum absolute atomic E-state index is 6.00. The standard InChI is InChI=1S/C14H15N3OS/c1-19-10-4-2-9(3-5-10)14-16-12-6-7-18-8-11(12)13(15)17-14/h2-5H,6-8H2,1H3,(H2,15,16,17). The fraction of sp³-hybridized carbons (Fsp3) is 0.286. The molecule has 1 aromatic heterocycles. The number of nitrogens with zero attached hydrogens (tertiary/aromatic N) is 2. The molecule has 1 aliphatic rings. The van der Waals surface area contributed by atoms with E-state index in [9.17, 15) is 0 Å². The summed E-state index contributed by atoms with van der Waals surface area (Å²) >= 11 is 1.72. The first-order chi connectivity index (χ1) is 9.28. The summed E-state index contributed by atoms with van der Waals surface area (Å²) in [6, 6.07) is 8.21. The Labute approximate surface area is 116 Å². The van der Waals surface area contributed by atoms with Gasteiger partial charge in [-0.25, -0.2) is 9.97 Å². The van der Waals surface area contributed by atoms with Gasteiger partial charge in [-0.15, -0.1) is 11.8 Å². The van der Waals surface area contributed by atoms with Gasteiger partial charge < -0.3 is 10.5 Å². The molecular formula is C14H15N3OS. The molecule has 5 heteroatoms. The van der Waals surface area contributed by atoms with Crippen LogP contribution in [0, 0.1) is 0 Å². The number of ether oxygens (including phenoxy) is 1. The van der Waals surface area contributed by atoms with Crippen LogP contribution < -0.4 is 5.73 Å². The van der Waals surface area contributed by atoms with Crippen LogP contribution in [-0.2, 0) is 17.8 Å². The highest BCUT2D eigenvalue weighted by atomic mass is 32.2. The molecule has 0 unspecified atom stereocenters. The van der Waals surface area contributed by atoms with Gasteiger partial charge in [0.15, 0.2) is 5.82 Å². The predicted octanol–water partition coefficient (Wildman–Crippen LogP) is 2.52. The molecule has 0 bridgehead atoms. The van der Waals surface area contributed by atoms with Gasteiger partial charge in [0.25, 0.3) is 0 Å². The SMILES string of the molecule is CSc1ccc(-c2nc(N)c3c(n2)CCOC3)cc1. The number of hydrogen-bond acceptors (Lipinski definition) is 5. The van der Waals surface area contributed by atoms with Crippen LogP contribution >= 0.6 is 11.8 Å². The third kappa shape index (κ3) is 2.43. The molecule has 0 saturated carbocycles. The van der Waals surface area contributed by atoms with E-state index in [-0.39, 0.29) is 0 Å². The molecule has 0 aliphatic carbocycles. The van der Waals surface area contributed by atoms with Crippen LogP contribution in [0.4, 0.5) is 5.82 Å². The van der Waals surface area contributed by atoms with E-state index < -0.39 is 0 Å². The summed E-state index contributed by atoms with van der Waals surface area (Å²) in [4.78, 5) is 10.2. The highest BCUT2D eigenvalue weighted by molar-refractivity contribution is 7.98. The quantitative estimate of drug-likeness (QED) is 0.852. The molecule has 2 aromatic rings. The predicted molar refractivity (Wildman–Crippen MR) is 77.0 cm³/mol. The van der Waals surface area contributed by atoms with E-state index in [2.05, 4.69) is 28.4 Å². The molecule has 0 atom stereocenters. The molecule has 2 heterocycles. The lowest BCUT2D eigenvalue weighted by atomic mass is 10.1. The molecule has 19 heavy (non-hydrogen) atoms. The first-order valence-electron chi connectivity index (χ1n) is 6.15. The number of nitrogens with two attached hydrogens (primary N) is 1. The van der Waals surface area contributed by atoms with Crippen molar-refractivity contribution < 1.29 is 4.74 Å². The zero-order valence-electron chi connectivity index (χ0n) is 10.7. The van der Waals surface area contributed by atoms with Crippen LogP contribution in [0.3, 0.4) is 0 Å². The van der Waals surface area contributed by atoms with E-state index in [1.165, 1.54) is 4.90 Å². The minimum atomic E-state index is 0.521. The summed E-state index contributed by atoms with van der Waals surface area (Å²) in [5.41, 5.74) is 8.96. The van der Waals surface area contributed by atoms with Gasteiger partial charge in [0.1, 0.15) is 5.82 Å².